The fourth-order valence-electron chi connectivity index (χ4n) is 9.68. The van der Waals surface area contributed by atoms with Crippen molar-refractivity contribution < 1.29 is 37.8 Å². The number of alkyl halides is 1. The number of ether oxygens (including phenoxy) is 3. The van der Waals surface area contributed by atoms with Crippen LogP contribution in [0.5, 0.6) is 0 Å². The molecule has 0 fully saturated rings. The Morgan fingerprint density at radius 3 is 1.31 bits per heavy atom. The van der Waals surface area contributed by atoms with Gasteiger partial charge < -0.3 is 81.8 Å². The quantitative estimate of drug-likeness (QED) is 0.00944. The highest BCUT2D eigenvalue weighted by Gasteiger charge is 2.20. The van der Waals surface area contributed by atoms with E-state index in [9.17, 15) is 24.0 Å². The minimum atomic E-state index is -0.492. The van der Waals surface area contributed by atoms with Gasteiger partial charge in [-0.2, -0.15) is 0 Å². The highest BCUT2D eigenvalue weighted by atomic mass is 35.5. The number of alkyl carbamates (subject to hydrolysis) is 3. The molecule has 13 N–H and O–H groups in total. The molecule has 12 rings (SSSR count). The second-order valence-electron chi connectivity index (χ2n) is 28.6. The third kappa shape index (κ3) is 36.3. The molecule has 0 bridgehead atoms. The highest BCUT2D eigenvalue weighted by molar-refractivity contribution is 6.37. The number of halogens is 7. The van der Waals surface area contributed by atoms with Crippen molar-refractivity contribution in [2.45, 2.75) is 164 Å². The molecule has 11 heterocycles. The summed E-state index contributed by atoms with van der Waals surface area (Å²) in [6.45, 7) is 29.6. The average molecular weight is 1810 g/mol. The third-order valence-corrected chi connectivity index (χ3v) is 17.6. The van der Waals surface area contributed by atoms with Gasteiger partial charge in [0.2, 0.25) is 0 Å². The van der Waals surface area contributed by atoms with Crippen molar-refractivity contribution in [2.75, 3.05) is 62.6 Å². The number of pyridine rings is 2. The van der Waals surface area contributed by atoms with Crippen LogP contribution < -0.4 is 54.9 Å². The standard InChI is InChI=1S/C14H15ClN6.C13H18ClN5O2.C13H13ClO2.C12H20ClN5O2.C8H10ClN5.C8H18N2O2.C6H5NO.C4H3Cl2N3/c15-13-12-14(19-9-18-13)21(10-20-12)7-1-4-17-8-11-2-5-16-6-3-11;1-13(2,3)21-12(20)15-5-4-6-19-8-18-9-10(14)16-7-17-11(9)19;1-7-4-5-10-12(15)11(6-14)9(3)16-13(10)8(7)2;1-12(2,3)20-11(19)16-6-4-5-15-10-8(14)9(13)17-7-18-10;9-7-6-8(12-4-11-7)14(5-13-6)3-1-2-10;1-8(2,3)12-7(11)10-6-4-5-9;8-5-6-1-3-7-4-2-6;5-3-2(7)4(6)9-1-8-3/h2-3,5-6,9-10,17H,1,4,7-8H2;7-8H,4-6H2,1-3H3,(H,15,20);4-5H,6H2,1-3H3;7H,4-6,14H2,1-3H3,(H,16,19)(H,15,17,18);4-5H,1-3,10H2;4-6,9H2,1-3H3,(H,10,11);1-5H;1H,7H2. The molecule has 0 saturated carbocycles. The fourth-order valence-corrected chi connectivity index (χ4v) is 11.0. The number of carbonyl (C=O) groups is 4. The lowest BCUT2D eigenvalue weighted by Crippen LogP contribution is -2.33. The van der Waals surface area contributed by atoms with Crippen LogP contribution in [0.3, 0.4) is 0 Å². The summed E-state index contributed by atoms with van der Waals surface area (Å²) in [6, 6.07) is 11.1. The summed E-state index contributed by atoms with van der Waals surface area (Å²) in [6.07, 6.45) is 22.5. The molecule has 3 amide bonds. The van der Waals surface area contributed by atoms with Gasteiger partial charge in [-0.1, -0.05) is 75.7 Å². The first kappa shape index (κ1) is 101. The first-order valence-corrected chi connectivity index (χ1v) is 40.5. The number of aryl methyl sites for hydroxylation is 6. The molecular weight excluding hydrogens is 1710 g/mol. The number of aldehydes is 1. The van der Waals surface area contributed by atoms with Gasteiger partial charge in [0.05, 0.1) is 35.8 Å². The smallest absolute Gasteiger partial charge is 0.407 e. The lowest BCUT2D eigenvalue weighted by atomic mass is 10.0. The average Bonchev–Trinajstić information content (AvgIpc) is 1.71. The zero-order valence-electron chi connectivity index (χ0n) is 69.2. The van der Waals surface area contributed by atoms with E-state index in [1.165, 1.54) is 37.2 Å². The number of nitrogen functional groups attached to an aromatic ring is 2. The van der Waals surface area contributed by atoms with Crippen LogP contribution in [-0.4, -0.2) is 176 Å². The number of fused-ring (bicyclic) bond motifs is 4. The molecule has 652 valence electrons. The number of imidazole rings is 3. The van der Waals surface area contributed by atoms with Gasteiger partial charge in [-0.25, -0.2) is 79.2 Å². The van der Waals surface area contributed by atoms with E-state index in [0.717, 1.165) is 80.6 Å². The molecule has 0 aliphatic rings. The van der Waals surface area contributed by atoms with Gasteiger partial charge in [0.15, 0.2) is 59.1 Å². The number of nitrogens with zero attached hydrogens (tertiary/aromatic N) is 18. The van der Waals surface area contributed by atoms with Crippen molar-refractivity contribution in [1.82, 2.24) is 110 Å². The van der Waals surface area contributed by atoms with E-state index in [4.69, 9.17) is 123 Å². The second kappa shape index (κ2) is 51.8. The summed E-state index contributed by atoms with van der Waals surface area (Å²) in [4.78, 5) is 115. The maximum atomic E-state index is 12.1. The summed E-state index contributed by atoms with van der Waals surface area (Å²) in [5.41, 5.74) is 30.2. The normalized spacial score (nSPS) is 10.9. The molecule has 0 saturated heterocycles. The van der Waals surface area contributed by atoms with Gasteiger partial charge in [-0.3, -0.25) is 19.6 Å². The van der Waals surface area contributed by atoms with E-state index in [-0.39, 0.29) is 38.5 Å². The second-order valence-corrected chi connectivity index (χ2v) is 31.0. The summed E-state index contributed by atoms with van der Waals surface area (Å²) < 4.78 is 26.7. The Morgan fingerprint density at radius 1 is 0.488 bits per heavy atom. The minimum Gasteiger partial charge on any atom is -0.460 e. The maximum Gasteiger partial charge on any atom is 0.407 e. The lowest BCUT2D eigenvalue weighted by Gasteiger charge is -2.19. The van der Waals surface area contributed by atoms with Crippen LogP contribution >= 0.6 is 81.2 Å². The number of hydrogen-bond acceptors (Lipinski definition) is 30. The molecule has 0 atom stereocenters. The maximum absolute atomic E-state index is 12.1. The van der Waals surface area contributed by atoms with Crippen molar-refractivity contribution in [3.05, 3.63) is 187 Å². The Balaban J connectivity index is 0.000000250. The molecule has 1 aromatic carbocycles. The van der Waals surface area contributed by atoms with Crippen molar-refractivity contribution in [1.29, 1.82) is 0 Å². The number of hydrogen-bond donors (Lipinski definition) is 9. The number of rotatable bonds is 23. The van der Waals surface area contributed by atoms with E-state index >= 15 is 0 Å². The van der Waals surface area contributed by atoms with E-state index in [0.29, 0.717) is 129 Å². The van der Waals surface area contributed by atoms with Crippen molar-refractivity contribution in [2.24, 2.45) is 11.5 Å². The zero-order valence-corrected chi connectivity index (χ0v) is 74.5. The van der Waals surface area contributed by atoms with E-state index in [2.05, 4.69) is 101 Å². The number of amides is 3. The van der Waals surface area contributed by atoms with Crippen LogP contribution in [-0.2, 0) is 46.3 Å². The van der Waals surface area contributed by atoms with Crippen molar-refractivity contribution >= 4 is 167 Å². The van der Waals surface area contributed by atoms with Gasteiger partial charge in [0, 0.05) is 82.7 Å². The number of benzene rings is 1. The first-order valence-electron chi connectivity index (χ1n) is 37.7. The van der Waals surface area contributed by atoms with E-state index in [1.54, 1.807) is 68.9 Å². The molecule has 0 aliphatic heterocycles. The number of nitrogens with one attached hydrogen (secondary N) is 5. The van der Waals surface area contributed by atoms with E-state index in [1.807, 2.05) is 108 Å². The third-order valence-electron chi connectivity index (χ3n) is 15.6. The minimum absolute atomic E-state index is 0.0168. The lowest BCUT2D eigenvalue weighted by molar-refractivity contribution is 0.0515. The highest BCUT2D eigenvalue weighted by Crippen LogP contribution is 2.26. The molecule has 0 spiro atoms. The van der Waals surface area contributed by atoms with Gasteiger partial charge in [-0.05, 0) is 182 Å². The van der Waals surface area contributed by atoms with Gasteiger partial charge in [-0.15, -0.1) is 11.6 Å². The largest absolute Gasteiger partial charge is 0.460 e. The summed E-state index contributed by atoms with van der Waals surface area (Å²) >= 11 is 40.2. The Labute approximate surface area is 734 Å². The molecule has 12 aromatic rings. The predicted molar refractivity (Wildman–Crippen MR) is 473 cm³/mol. The number of aromatic nitrogens is 18. The zero-order chi connectivity index (χ0) is 89.2. The summed E-state index contributed by atoms with van der Waals surface area (Å²) in [7, 11) is 0. The number of nitrogens with two attached hydrogens (primary N) is 4. The van der Waals surface area contributed by atoms with Crippen LogP contribution in [0.4, 0.5) is 31.6 Å². The van der Waals surface area contributed by atoms with Crippen molar-refractivity contribution in [3.8, 4) is 0 Å². The fraction of sp³-hybridized carbons (Fsp3) is 0.410. The first-order chi connectivity index (χ1) is 57.5. The Kier molecular flexibility index (Phi) is 43.2. The molecule has 43 heteroatoms. The molecule has 0 unspecified atom stereocenters. The predicted octanol–water partition coefficient (Wildman–Crippen LogP) is 13.9. The Morgan fingerprint density at radius 2 is 0.884 bits per heavy atom. The Bertz CT molecular complexity index is 5250. The van der Waals surface area contributed by atoms with Crippen molar-refractivity contribution in [3.63, 3.8) is 0 Å². The van der Waals surface area contributed by atoms with Gasteiger partial charge >= 0.3 is 18.3 Å². The summed E-state index contributed by atoms with van der Waals surface area (Å²) in [5.74, 6) is 1.29. The molecule has 0 aliphatic carbocycles. The molecular formula is C78H102Cl7N27O9. The van der Waals surface area contributed by atoms with Crippen LogP contribution in [0.2, 0.25) is 30.9 Å². The van der Waals surface area contributed by atoms with Gasteiger partial charge in [0.25, 0.3) is 0 Å². The van der Waals surface area contributed by atoms with Crippen LogP contribution in [0.1, 0.15) is 133 Å². The number of anilines is 3. The molecule has 11 aromatic heterocycles. The topological polar surface area (TPSA) is 499 Å². The van der Waals surface area contributed by atoms with E-state index < -0.39 is 29.0 Å². The molecule has 0 radical (unpaired) electrons. The molecule has 36 nitrogen and oxygen atoms in total. The monoisotopic (exact) mass is 1810 g/mol. The number of carbonyl (C=O) groups excluding carboxylic acids is 4. The SMILES string of the molecule is CC(C)(C)OC(=O)NCCCN.CC(C)(C)OC(=O)NCCCNc1ncnc(Cl)c1N.CC(C)(C)OC(=O)NCCCn1cnc2c(Cl)ncnc21.Cc1ccc2c(=O)c(CCl)c(C)oc2c1C.Clc1ncnc2c1ncn2CCCNCc1ccncc1.NCCCn1cnc2c(Cl)ncnc21.Nc1c(Cl)ncnc1Cl.O=Cc1ccncc1. The Hall–Kier alpha value is -10.7. The van der Waals surface area contributed by atoms with Gasteiger partial charge in [0.1, 0.15) is 94.0 Å². The molecule has 121 heavy (non-hydrogen) atoms. The van der Waals surface area contributed by atoms with Crippen LogP contribution in [0, 0.1) is 20.8 Å². The van der Waals surface area contributed by atoms with Crippen LogP contribution in [0.25, 0.3) is 44.5 Å². The van der Waals surface area contributed by atoms with Crippen LogP contribution in [0.15, 0.2) is 121 Å². The summed E-state index contributed by atoms with van der Waals surface area (Å²) in [5, 5.41) is 16.7.